The third-order valence-corrected chi connectivity index (χ3v) is 2.26. The van der Waals surface area contributed by atoms with Crippen LogP contribution in [-0.2, 0) is 11.3 Å². The molecule has 0 saturated carbocycles. The van der Waals surface area contributed by atoms with E-state index in [4.69, 9.17) is 14.6 Å². The van der Waals surface area contributed by atoms with Gasteiger partial charge in [-0.05, 0) is 13.8 Å². The maximum Gasteiger partial charge on any atom is 0.328 e. The van der Waals surface area contributed by atoms with E-state index in [1.165, 1.54) is 0 Å². The van der Waals surface area contributed by atoms with Crippen molar-refractivity contribution in [3.63, 3.8) is 0 Å². The second-order valence-electron chi connectivity index (χ2n) is 3.65. The minimum Gasteiger partial charge on any atom is -0.480 e. The molecule has 0 aliphatic carbocycles. The van der Waals surface area contributed by atoms with E-state index in [-0.39, 0.29) is 6.54 Å². The number of aliphatic hydroxyl groups is 1. The number of aliphatic carboxylic acids is 1. The number of urea groups is 1. The molecule has 2 amide bonds. The first-order valence-corrected chi connectivity index (χ1v) is 5.25. The lowest BCUT2D eigenvalue weighted by Crippen LogP contribution is -2.47. The van der Waals surface area contributed by atoms with Crippen LogP contribution in [0.2, 0.25) is 0 Å². The molecule has 0 spiro atoms. The van der Waals surface area contributed by atoms with Gasteiger partial charge < -0.3 is 25.3 Å². The number of aryl methyl sites for hydroxylation is 2. The highest BCUT2D eigenvalue weighted by atomic mass is 16.4. The van der Waals surface area contributed by atoms with Gasteiger partial charge in [0.05, 0.1) is 18.8 Å². The second-order valence-corrected chi connectivity index (χ2v) is 3.65. The second kappa shape index (κ2) is 6.01. The summed E-state index contributed by atoms with van der Waals surface area (Å²) in [6, 6.07) is -2.05. The van der Waals surface area contributed by atoms with E-state index in [2.05, 4.69) is 15.6 Å². The van der Waals surface area contributed by atoms with Crippen molar-refractivity contribution in [3.05, 3.63) is 17.3 Å². The number of carbonyl (C=O) groups is 2. The van der Waals surface area contributed by atoms with Crippen LogP contribution in [0.4, 0.5) is 4.79 Å². The van der Waals surface area contributed by atoms with Crippen LogP contribution in [0.15, 0.2) is 4.42 Å². The molecule has 0 bridgehead atoms. The Bertz CT molecular complexity index is 423. The number of carboxylic acids is 1. The van der Waals surface area contributed by atoms with Crippen molar-refractivity contribution in [2.24, 2.45) is 0 Å². The number of amides is 2. The summed E-state index contributed by atoms with van der Waals surface area (Å²) >= 11 is 0. The van der Waals surface area contributed by atoms with Gasteiger partial charge >= 0.3 is 12.0 Å². The van der Waals surface area contributed by atoms with E-state index in [0.717, 1.165) is 5.69 Å². The van der Waals surface area contributed by atoms with Gasteiger partial charge in [0, 0.05) is 0 Å². The lowest BCUT2D eigenvalue weighted by atomic mass is 10.3. The first-order valence-electron chi connectivity index (χ1n) is 5.25. The summed E-state index contributed by atoms with van der Waals surface area (Å²) in [5, 5.41) is 21.8. The summed E-state index contributed by atoms with van der Waals surface area (Å²) in [5.41, 5.74) is 0.728. The SMILES string of the molecule is Cc1nc(CNC(=O)N[C@@H](CO)C(=O)O)oc1C. The molecule has 0 aliphatic rings. The third kappa shape index (κ3) is 3.74. The molecule has 1 aromatic heterocycles. The van der Waals surface area contributed by atoms with E-state index < -0.39 is 24.6 Å². The van der Waals surface area contributed by atoms with Crippen molar-refractivity contribution in [2.45, 2.75) is 26.4 Å². The van der Waals surface area contributed by atoms with Crippen LogP contribution in [0.25, 0.3) is 0 Å². The number of carboxylic acid groups (broad SMARTS) is 1. The lowest BCUT2D eigenvalue weighted by Gasteiger charge is -2.11. The van der Waals surface area contributed by atoms with Gasteiger partial charge in [0.25, 0.3) is 0 Å². The summed E-state index contributed by atoms with van der Waals surface area (Å²) in [6.07, 6.45) is 0. The monoisotopic (exact) mass is 257 g/mol. The number of aliphatic hydroxyl groups excluding tert-OH is 1. The molecular weight excluding hydrogens is 242 g/mol. The van der Waals surface area contributed by atoms with Crippen LogP contribution < -0.4 is 10.6 Å². The molecule has 0 fully saturated rings. The van der Waals surface area contributed by atoms with Crippen LogP contribution in [-0.4, -0.2) is 39.8 Å². The van der Waals surface area contributed by atoms with E-state index in [1.807, 2.05) is 0 Å². The van der Waals surface area contributed by atoms with Crippen molar-refractivity contribution >= 4 is 12.0 Å². The van der Waals surface area contributed by atoms with Gasteiger partial charge in [0.1, 0.15) is 5.76 Å². The average Bonchev–Trinajstić information content (AvgIpc) is 2.63. The van der Waals surface area contributed by atoms with Crippen LogP contribution in [0, 0.1) is 13.8 Å². The Morgan fingerprint density at radius 1 is 1.44 bits per heavy atom. The number of hydrogen-bond acceptors (Lipinski definition) is 5. The van der Waals surface area contributed by atoms with Gasteiger partial charge in [-0.1, -0.05) is 0 Å². The van der Waals surface area contributed by atoms with Crippen molar-refractivity contribution in [1.29, 1.82) is 0 Å². The normalized spacial score (nSPS) is 11.9. The number of carbonyl (C=O) groups excluding carboxylic acids is 1. The predicted molar refractivity (Wildman–Crippen MR) is 59.9 cm³/mol. The number of nitrogens with one attached hydrogen (secondary N) is 2. The van der Waals surface area contributed by atoms with Crippen LogP contribution >= 0.6 is 0 Å². The van der Waals surface area contributed by atoms with E-state index in [9.17, 15) is 9.59 Å². The van der Waals surface area contributed by atoms with Crippen LogP contribution in [0.3, 0.4) is 0 Å². The van der Waals surface area contributed by atoms with Crippen molar-refractivity contribution < 1.29 is 24.2 Å². The van der Waals surface area contributed by atoms with Crippen molar-refractivity contribution in [3.8, 4) is 0 Å². The Kier molecular flexibility index (Phi) is 4.67. The van der Waals surface area contributed by atoms with Gasteiger partial charge in [-0.25, -0.2) is 14.6 Å². The molecule has 0 aromatic carbocycles. The Labute approximate surface area is 103 Å². The maximum atomic E-state index is 11.3. The zero-order valence-electron chi connectivity index (χ0n) is 10.1. The van der Waals surface area contributed by atoms with Gasteiger partial charge in [-0.15, -0.1) is 0 Å². The number of oxazole rings is 1. The fourth-order valence-electron chi connectivity index (χ4n) is 1.17. The fraction of sp³-hybridized carbons (Fsp3) is 0.500. The standard InChI is InChI=1S/C10H15N3O5/c1-5-6(2)18-8(12-5)3-11-10(17)13-7(4-14)9(15)16/h7,14H,3-4H2,1-2H3,(H,15,16)(H2,11,13,17)/t7-/m0/s1. The highest BCUT2D eigenvalue weighted by Crippen LogP contribution is 2.07. The first kappa shape index (κ1) is 14.0. The van der Waals surface area contributed by atoms with E-state index in [1.54, 1.807) is 13.8 Å². The minimum absolute atomic E-state index is 0.0400. The molecule has 0 unspecified atom stereocenters. The Morgan fingerprint density at radius 2 is 2.11 bits per heavy atom. The highest BCUT2D eigenvalue weighted by molar-refractivity contribution is 5.82. The molecule has 1 rings (SSSR count). The van der Waals surface area contributed by atoms with Gasteiger partial charge in [-0.3, -0.25) is 0 Å². The Morgan fingerprint density at radius 3 is 2.56 bits per heavy atom. The summed E-state index contributed by atoms with van der Waals surface area (Å²) in [7, 11) is 0. The summed E-state index contributed by atoms with van der Waals surface area (Å²) in [6.45, 7) is 2.88. The molecule has 8 nitrogen and oxygen atoms in total. The largest absolute Gasteiger partial charge is 0.480 e. The van der Waals surface area contributed by atoms with Gasteiger partial charge in [0.2, 0.25) is 5.89 Å². The van der Waals surface area contributed by atoms with E-state index >= 15 is 0 Å². The molecule has 100 valence electrons. The smallest absolute Gasteiger partial charge is 0.328 e. The van der Waals surface area contributed by atoms with Gasteiger partial charge in [0.15, 0.2) is 6.04 Å². The lowest BCUT2D eigenvalue weighted by molar-refractivity contribution is -0.140. The predicted octanol–water partition coefficient (Wildman–Crippen LogP) is -0.464. The van der Waals surface area contributed by atoms with Crippen molar-refractivity contribution in [1.82, 2.24) is 15.6 Å². The molecule has 1 atom stereocenters. The molecule has 4 N–H and O–H groups in total. The molecule has 0 radical (unpaired) electrons. The minimum atomic E-state index is -1.34. The maximum absolute atomic E-state index is 11.3. The molecule has 1 heterocycles. The number of hydrogen-bond donors (Lipinski definition) is 4. The Balaban J connectivity index is 2.44. The summed E-state index contributed by atoms with van der Waals surface area (Å²) in [5.74, 6) is -0.322. The topological polar surface area (TPSA) is 125 Å². The first-order chi connectivity index (χ1) is 8.43. The quantitative estimate of drug-likeness (QED) is 0.565. The molecule has 18 heavy (non-hydrogen) atoms. The summed E-state index contributed by atoms with van der Waals surface area (Å²) < 4.78 is 5.22. The highest BCUT2D eigenvalue weighted by Gasteiger charge is 2.18. The van der Waals surface area contributed by atoms with Crippen LogP contribution in [0.5, 0.6) is 0 Å². The van der Waals surface area contributed by atoms with E-state index in [0.29, 0.717) is 11.7 Å². The Hall–Kier alpha value is -2.09. The molecular formula is C10H15N3O5. The number of nitrogens with zero attached hydrogens (tertiary/aromatic N) is 1. The fourth-order valence-corrected chi connectivity index (χ4v) is 1.17. The zero-order chi connectivity index (χ0) is 13.7. The molecule has 1 aromatic rings. The van der Waals surface area contributed by atoms with Crippen molar-refractivity contribution in [2.75, 3.05) is 6.61 Å². The number of rotatable bonds is 5. The zero-order valence-corrected chi connectivity index (χ0v) is 10.1. The summed E-state index contributed by atoms with van der Waals surface area (Å²) in [4.78, 5) is 25.9. The third-order valence-electron chi connectivity index (χ3n) is 2.26. The molecule has 0 saturated heterocycles. The number of aromatic nitrogens is 1. The average molecular weight is 257 g/mol. The molecule has 0 aliphatic heterocycles. The van der Waals surface area contributed by atoms with Crippen LogP contribution in [0.1, 0.15) is 17.3 Å². The van der Waals surface area contributed by atoms with Gasteiger partial charge in [-0.2, -0.15) is 0 Å². The molecule has 8 heteroatoms.